The number of hydrogen-bond donors (Lipinski definition) is 2. The second-order valence-electron chi connectivity index (χ2n) is 5.73. The molecule has 118 valence electrons. The molecule has 2 aromatic rings. The van der Waals surface area contributed by atoms with Crippen LogP contribution in [0.5, 0.6) is 0 Å². The molecule has 2 atom stereocenters. The molecule has 1 fully saturated rings. The van der Waals surface area contributed by atoms with Gasteiger partial charge in [0.2, 0.25) is 0 Å². The zero-order valence-corrected chi connectivity index (χ0v) is 13.0. The van der Waals surface area contributed by atoms with Gasteiger partial charge in [0.25, 0.3) is 0 Å². The molecule has 3 nitrogen and oxygen atoms in total. The molecule has 1 aliphatic rings. The van der Waals surface area contributed by atoms with E-state index in [1.54, 1.807) is 11.3 Å². The lowest BCUT2D eigenvalue weighted by Crippen LogP contribution is -2.31. The highest BCUT2D eigenvalue weighted by Gasteiger charge is 2.26. The van der Waals surface area contributed by atoms with Crippen molar-refractivity contribution in [3.8, 4) is 0 Å². The van der Waals surface area contributed by atoms with Gasteiger partial charge in [-0.2, -0.15) is 0 Å². The molecule has 0 spiro atoms. The topological polar surface area (TPSA) is 45.2 Å². The van der Waals surface area contributed by atoms with E-state index in [1.165, 1.54) is 23.9 Å². The minimum atomic E-state index is -0.944. The summed E-state index contributed by atoms with van der Waals surface area (Å²) in [6.07, 6.45) is 3.42. The molecule has 2 N–H and O–H groups in total. The van der Waals surface area contributed by atoms with Crippen LogP contribution in [-0.4, -0.2) is 16.1 Å². The zero-order chi connectivity index (χ0) is 15.7. The Labute approximate surface area is 132 Å². The van der Waals surface area contributed by atoms with Crippen molar-refractivity contribution >= 4 is 11.3 Å². The smallest absolute Gasteiger partial charge is 0.159 e. The Morgan fingerprint density at radius 2 is 2.14 bits per heavy atom. The minimum Gasteiger partial charge on any atom is -0.387 e. The van der Waals surface area contributed by atoms with Crippen molar-refractivity contribution in [2.24, 2.45) is 0 Å². The molecule has 22 heavy (non-hydrogen) atoms. The van der Waals surface area contributed by atoms with Gasteiger partial charge in [0.1, 0.15) is 0 Å². The van der Waals surface area contributed by atoms with E-state index in [0.717, 1.165) is 17.0 Å². The summed E-state index contributed by atoms with van der Waals surface area (Å²) in [5.74, 6) is -1.21. The van der Waals surface area contributed by atoms with Gasteiger partial charge in [-0.05, 0) is 37.5 Å². The van der Waals surface area contributed by atoms with E-state index in [4.69, 9.17) is 0 Å². The van der Waals surface area contributed by atoms with E-state index < -0.39 is 17.7 Å². The molecule has 0 amide bonds. The fraction of sp³-hybridized carbons (Fsp3) is 0.438. The third kappa shape index (κ3) is 3.51. The van der Waals surface area contributed by atoms with Crippen molar-refractivity contribution in [3.63, 3.8) is 0 Å². The van der Waals surface area contributed by atoms with Crippen molar-refractivity contribution in [3.05, 3.63) is 51.5 Å². The lowest BCUT2D eigenvalue weighted by molar-refractivity contribution is 0.135. The van der Waals surface area contributed by atoms with Crippen molar-refractivity contribution in [1.29, 1.82) is 0 Å². The normalized spacial score (nSPS) is 17.5. The highest BCUT2D eigenvalue weighted by molar-refractivity contribution is 7.11. The van der Waals surface area contributed by atoms with E-state index in [9.17, 15) is 13.9 Å². The van der Waals surface area contributed by atoms with Gasteiger partial charge < -0.3 is 10.4 Å². The average Bonchev–Trinajstić information content (AvgIpc) is 3.26. The molecule has 1 heterocycles. The number of aliphatic hydroxyl groups is 1. The summed E-state index contributed by atoms with van der Waals surface area (Å²) in [7, 11) is 0. The average molecular weight is 324 g/mol. The van der Waals surface area contributed by atoms with Crippen LogP contribution in [-0.2, 0) is 6.54 Å². The van der Waals surface area contributed by atoms with E-state index in [0.29, 0.717) is 18.0 Å². The summed E-state index contributed by atoms with van der Waals surface area (Å²) in [6.45, 7) is 2.42. The maximum absolute atomic E-state index is 13.2. The van der Waals surface area contributed by atoms with Gasteiger partial charge in [0, 0.05) is 29.6 Å². The molecule has 6 heteroatoms. The molecule has 0 aliphatic heterocycles. The molecule has 0 bridgehead atoms. The van der Waals surface area contributed by atoms with E-state index in [1.807, 2.05) is 13.1 Å². The monoisotopic (exact) mass is 324 g/mol. The first-order valence-electron chi connectivity index (χ1n) is 7.35. The number of nitrogens with zero attached hydrogens (tertiary/aromatic N) is 1. The van der Waals surface area contributed by atoms with Crippen LogP contribution in [0.3, 0.4) is 0 Å². The molecule has 1 aromatic heterocycles. The zero-order valence-electron chi connectivity index (χ0n) is 12.2. The summed E-state index contributed by atoms with van der Waals surface area (Å²) in [5, 5.41) is 14.6. The van der Waals surface area contributed by atoms with Crippen molar-refractivity contribution in [2.75, 3.05) is 0 Å². The highest BCUT2D eigenvalue weighted by Crippen LogP contribution is 2.41. The number of halogens is 2. The first kappa shape index (κ1) is 15.5. The van der Waals surface area contributed by atoms with Crippen LogP contribution in [0.1, 0.15) is 47.2 Å². The first-order valence-corrected chi connectivity index (χ1v) is 8.17. The van der Waals surface area contributed by atoms with Crippen LogP contribution >= 0.6 is 11.3 Å². The van der Waals surface area contributed by atoms with Crippen molar-refractivity contribution in [1.82, 2.24) is 10.3 Å². The van der Waals surface area contributed by atoms with Gasteiger partial charge in [-0.3, -0.25) is 0 Å². The Balaban J connectivity index is 1.57. The minimum absolute atomic E-state index is 0.281. The summed E-state index contributed by atoms with van der Waals surface area (Å²) in [5.41, 5.74) is 0.363. The molecule has 0 saturated heterocycles. The molecule has 1 aromatic carbocycles. The molecule has 3 rings (SSSR count). The predicted molar refractivity (Wildman–Crippen MR) is 81.7 cm³/mol. The fourth-order valence-corrected chi connectivity index (χ4v) is 3.32. The Bertz CT molecular complexity index is 657. The number of hydrogen-bond acceptors (Lipinski definition) is 4. The molecular weight excluding hydrogens is 306 g/mol. The van der Waals surface area contributed by atoms with Crippen LogP contribution in [0, 0.1) is 11.6 Å². The second kappa shape index (κ2) is 6.40. The number of aromatic nitrogens is 1. The third-order valence-electron chi connectivity index (χ3n) is 3.86. The second-order valence-corrected chi connectivity index (χ2v) is 6.87. The van der Waals surface area contributed by atoms with Crippen molar-refractivity contribution < 1.29 is 13.9 Å². The summed E-state index contributed by atoms with van der Waals surface area (Å²) in [6, 6.07) is 3.19. The van der Waals surface area contributed by atoms with Gasteiger partial charge in [-0.1, -0.05) is 6.07 Å². The SMILES string of the molecule is CC(NCc1cnc(C2CC2)s1)C(O)c1ccc(F)c(F)c1. The number of rotatable bonds is 6. The Hall–Kier alpha value is -1.37. The molecular formula is C16H18F2N2OS. The van der Waals surface area contributed by atoms with E-state index in [-0.39, 0.29) is 6.04 Å². The quantitative estimate of drug-likeness (QED) is 0.855. The third-order valence-corrected chi connectivity index (χ3v) is 5.01. The molecule has 2 unspecified atom stereocenters. The van der Waals surface area contributed by atoms with Crippen molar-refractivity contribution in [2.45, 2.75) is 44.4 Å². The number of aliphatic hydroxyl groups excluding tert-OH is 1. The van der Waals surface area contributed by atoms with E-state index >= 15 is 0 Å². The van der Waals surface area contributed by atoms with Crippen LogP contribution in [0.4, 0.5) is 8.78 Å². The number of benzene rings is 1. The van der Waals surface area contributed by atoms with Gasteiger partial charge >= 0.3 is 0 Å². The summed E-state index contributed by atoms with van der Waals surface area (Å²) in [4.78, 5) is 5.52. The summed E-state index contributed by atoms with van der Waals surface area (Å²) < 4.78 is 26.2. The van der Waals surface area contributed by atoms with E-state index in [2.05, 4.69) is 10.3 Å². The predicted octanol–water partition coefficient (Wildman–Crippen LogP) is 3.51. The van der Waals surface area contributed by atoms with Crippen LogP contribution < -0.4 is 5.32 Å². The largest absolute Gasteiger partial charge is 0.387 e. The molecule has 1 saturated carbocycles. The van der Waals surface area contributed by atoms with Gasteiger partial charge in [-0.25, -0.2) is 13.8 Å². The number of thiazole rings is 1. The summed E-state index contributed by atoms with van der Waals surface area (Å²) >= 11 is 1.69. The lowest BCUT2D eigenvalue weighted by atomic mass is 10.0. The Kier molecular flexibility index (Phi) is 4.52. The Morgan fingerprint density at radius 3 is 2.82 bits per heavy atom. The standard InChI is InChI=1S/C16H18F2N2OS/c1-9(15(21)11-4-5-13(17)14(18)6-11)19-7-12-8-20-16(22-12)10-2-3-10/h4-6,8-10,15,19,21H,2-3,7H2,1H3. The van der Waals surface area contributed by atoms with Gasteiger partial charge in [0.15, 0.2) is 11.6 Å². The first-order chi connectivity index (χ1) is 10.5. The van der Waals surface area contributed by atoms with Gasteiger partial charge in [-0.15, -0.1) is 11.3 Å². The Morgan fingerprint density at radius 1 is 1.36 bits per heavy atom. The highest BCUT2D eigenvalue weighted by atomic mass is 32.1. The van der Waals surface area contributed by atoms with Crippen LogP contribution in [0.15, 0.2) is 24.4 Å². The van der Waals surface area contributed by atoms with Crippen LogP contribution in [0.25, 0.3) is 0 Å². The van der Waals surface area contributed by atoms with Crippen LogP contribution in [0.2, 0.25) is 0 Å². The maximum atomic E-state index is 13.2. The maximum Gasteiger partial charge on any atom is 0.159 e. The lowest BCUT2D eigenvalue weighted by Gasteiger charge is -2.20. The molecule has 0 radical (unpaired) electrons. The number of nitrogens with one attached hydrogen (secondary N) is 1. The molecule has 1 aliphatic carbocycles. The van der Waals surface area contributed by atoms with Gasteiger partial charge in [0.05, 0.1) is 11.1 Å². The fourth-order valence-electron chi connectivity index (χ4n) is 2.28.